The molecule has 1 aliphatic heterocycles. The Morgan fingerprint density at radius 2 is 2.12 bits per heavy atom. The second kappa shape index (κ2) is 3.62. The van der Waals surface area contributed by atoms with Crippen LogP contribution in [-0.2, 0) is 4.79 Å². The number of hydrogen-bond acceptors (Lipinski definition) is 3. The van der Waals surface area contributed by atoms with Crippen LogP contribution in [0.2, 0.25) is 5.02 Å². The molecule has 2 rings (SSSR count). The number of benzene rings is 1. The van der Waals surface area contributed by atoms with Crippen LogP contribution in [0.25, 0.3) is 0 Å². The van der Waals surface area contributed by atoms with Crippen LogP contribution in [0.3, 0.4) is 0 Å². The monoisotopic (exact) mass is 234 g/mol. The number of anilines is 1. The van der Waals surface area contributed by atoms with Crippen molar-refractivity contribution in [2.75, 3.05) is 4.90 Å². The van der Waals surface area contributed by atoms with E-state index in [0.29, 0.717) is 10.7 Å². The van der Waals surface area contributed by atoms with Crippen molar-refractivity contribution in [1.82, 2.24) is 0 Å². The van der Waals surface area contributed by atoms with Gasteiger partial charge in [-0.25, -0.2) is 0 Å². The maximum Gasteiger partial charge on any atom is 0.300 e. The second-order valence-corrected chi connectivity index (χ2v) is 3.91. The third-order valence-electron chi connectivity index (χ3n) is 2.45. The molecule has 0 spiro atoms. The number of carbonyl (C=O) groups excluding carboxylic acids is 2. The molecule has 1 heterocycles. The molecule has 0 N–H and O–H groups in total. The van der Waals surface area contributed by atoms with Gasteiger partial charge < -0.3 is 0 Å². The summed E-state index contributed by atoms with van der Waals surface area (Å²) in [6.45, 7) is 1.56. The highest BCUT2D eigenvalue weighted by atomic mass is 35.5. The zero-order valence-corrected chi connectivity index (χ0v) is 9.15. The largest absolute Gasteiger partial charge is 0.300 e. The summed E-state index contributed by atoms with van der Waals surface area (Å²) in [5, 5.41) is 9.19. The Hall–Kier alpha value is -1.86. The van der Waals surface area contributed by atoms with E-state index in [0.717, 1.165) is 0 Å². The van der Waals surface area contributed by atoms with Gasteiger partial charge in [-0.05, 0) is 25.1 Å². The minimum Gasteiger partial charge on any atom is -0.289 e. The van der Waals surface area contributed by atoms with Crippen molar-refractivity contribution in [2.45, 2.75) is 13.0 Å². The number of fused-ring (bicyclic) bond motifs is 1. The highest BCUT2D eigenvalue weighted by molar-refractivity contribution is 6.52. The van der Waals surface area contributed by atoms with Crippen LogP contribution in [0, 0.1) is 11.3 Å². The van der Waals surface area contributed by atoms with E-state index in [2.05, 4.69) is 0 Å². The van der Waals surface area contributed by atoms with E-state index >= 15 is 0 Å². The molecule has 0 radical (unpaired) electrons. The molecule has 5 heteroatoms. The van der Waals surface area contributed by atoms with Gasteiger partial charge in [0.1, 0.15) is 6.04 Å². The van der Waals surface area contributed by atoms with Crippen molar-refractivity contribution < 1.29 is 9.59 Å². The molecule has 0 aliphatic carbocycles. The molecule has 0 fully saturated rings. The molecule has 0 saturated heterocycles. The summed E-state index contributed by atoms with van der Waals surface area (Å²) in [7, 11) is 0. The molecule has 1 unspecified atom stereocenters. The van der Waals surface area contributed by atoms with Crippen LogP contribution in [0.5, 0.6) is 0 Å². The van der Waals surface area contributed by atoms with Gasteiger partial charge in [-0.3, -0.25) is 14.5 Å². The van der Waals surface area contributed by atoms with Gasteiger partial charge in [0.05, 0.1) is 17.3 Å². The predicted molar refractivity (Wildman–Crippen MR) is 58.3 cm³/mol. The van der Waals surface area contributed by atoms with Gasteiger partial charge in [-0.15, -0.1) is 0 Å². The number of halogens is 1. The van der Waals surface area contributed by atoms with Gasteiger partial charge in [0.25, 0.3) is 5.78 Å². The van der Waals surface area contributed by atoms with E-state index in [1.165, 1.54) is 11.0 Å². The molecular formula is C11H7ClN2O2. The predicted octanol–water partition coefficient (Wildman–Crippen LogP) is 1.78. The Kier molecular flexibility index (Phi) is 2.41. The lowest BCUT2D eigenvalue weighted by atomic mass is 10.1. The minimum atomic E-state index is -0.675. The molecule has 1 aromatic carbocycles. The summed E-state index contributed by atoms with van der Waals surface area (Å²) in [6.07, 6.45) is 0. The van der Waals surface area contributed by atoms with Crippen LogP contribution < -0.4 is 4.90 Å². The van der Waals surface area contributed by atoms with Crippen molar-refractivity contribution in [3.8, 4) is 6.07 Å². The second-order valence-electron chi connectivity index (χ2n) is 3.47. The molecule has 1 aliphatic rings. The fraction of sp³-hybridized carbons (Fsp3) is 0.182. The first-order valence-electron chi connectivity index (χ1n) is 4.63. The summed E-state index contributed by atoms with van der Waals surface area (Å²) >= 11 is 5.75. The van der Waals surface area contributed by atoms with Gasteiger partial charge in [0, 0.05) is 5.02 Å². The number of carbonyl (C=O) groups is 2. The van der Waals surface area contributed by atoms with Gasteiger partial charge in [-0.2, -0.15) is 5.26 Å². The van der Waals surface area contributed by atoms with Gasteiger partial charge in [0.2, 0.25) is 0 Å². The summed E-state index contributed by atoms with van der Waals surface area (Å²) in [5.74, 6) is -1.29. The summed E-state index contributed by atoms with van der Waals surface area (Å²) in [4.78, 5) is 24.5. The van der Waals surface area contributed by atoms with Crippen molar-refractivity contribution in [3.63, 3.8) is 0 Å². The third kappa shape index (κ3) is 1.37. The zero-order chi connectivity index (χ0) is 11.9. The fourth-order valence-corrected chi connectivity index (χ4v) is 1.85. The first-order valence-corrected chi connectivity index (χ1v) is 5.01. The first kappa shape index (κ1) is 10.7. The number of ketones is 1. The molecule has 16 heavy (non-hydrogen) atoms. The number of hydrogen-bond donors (Lipinski definition) is 0. The Labute approximate surface area is 97.0 Å². The van der Waals surface area contributed by atoms with Gasteiger partial charge in [-0.1, -0.05) is 11.6 Å². The van der Waals surface area contributed by atoms with Crippen LogP contribution in [0.1, 0.15) is 17.3 Å². The molecule has 80 valence electrons. The van der Waals surface area contributed by atoms with E-state index in [4.69, 9.17) is 16.9 Å². The first-order chi connectivity index (χ1) is 7.56. The Balaban J connectivity index is 2.59. The van der Waals surface area contributed by atoms with Crippen LogP contribution in [0.15, 0.2) is 18.2 Å². The summed E-state index contributed by atoms with van der Waals surface area (Å²) in [6, 6.07) is 5.88. The van der Waals surface area contributed by atoms with E-state index in [-0.39, 0.29) is 5.56 Å². The maximum atomic E-state index is 11.7. The molecule has 1 atom stereocenters. The lowest BCUT2D eigenvalue weighted by molar-refractivity contribution is -0.114. The van der Waals surface area contributed by atoms with E-state index in [1.54, 1.807) is 19.1 Å². The van der Waals surface area contributed by atoms with Crippen molar-refractivity contribution in [2.24, 2.45) is 0 Å². The zero-order valence-electron chi connectivity index (χ0n) is 8.40. The molecule has 0 bridgehead atoms. The maximum absolute atomic E-state index is 11.7. The number of amides is 1. The normalized spacial score (nSPS) is 15.9. The quantitative estimate of drug-likeness (QED) is 0.696. The number of rotatable bonds is 1. The smallest absolute Gasteiger partial charge is 0.289 e. The van der Waals surface area contributed by atoms with E-state index in [9.17, 15) is 9.59 Å². The lowest BCUT2D eigenvalue weighted by Gasteiger charge is -2.18. The molecule has 0 aromatic heterocycles. The molecule has 0 saturated carbocycles. The average molecular weight is 235 g/mol. The standard InChI is InChI=1S/C11H7ClN2O2/c1-6(5-13)14-9-3-2-7(12)4-8(9)10(15)11(14)16/h2-4,6H,1H3. The summed E-state index contributed by atoms with van der Waals surface area (Å²) < 4.78 is 0. The fourth-order valence-electron chi connectivity index (χ4n) is 1.68. The minimum absolute atomic E-state index is 0.264. The van der Waals surface area contributed by atoms with Crippen LogP contribution >= 0.6 is 11.6 Å². The van der Waals surface area contributed by atoms with Crippen LogP contribution in [0.4, 0.5) is 5.69 Å². The topological polar surface area (TPSA) is 61.2 Å². The average Bonchev–Trinajstić information content (AvgIpc) is 2.52. The number of nitrogens with zero attached hydrogens (tertiary/aromatic N) is 2. The Bertz CT molecular complexity index is 533. The van der Waals surface area contributed by atoms with Gasteiger partial charge in [0.15, 0.2) is 0 Å². The SMILES string of the molecule is CC(C#N)N1C(=O)C(=O)c2cc(Cl)ccc21. The molecule has 1 amide bonds. The highest BCUT2D eigenvalue weighted by Gasteiger charge is 2.38. The molecular weight excluding hydrogens is 228 g/mol. The Morgan fingerprint density at radius 1 is 1.44 bits per heavy atom. The van der Waals surface area contributed by atoms with Gasteiger partial charge >= 0.3 is 5.91 Å². The summed E-state index contributed by atoms with van der Waals surface area (Å²) in [5.41, 5.74) is 0.716. The number of nitriles is 1. The Morgan fingerprint density at radius 3 is 2.75 bits per heavy atom. The molecule has 1 aromatic rings. The number of Topliss-reactive ketones (excluding diaryl/α,β-unsaturated/α-hetero) is 1. The van der Waals surface area contributed by atoms with Crippen LogP contribution in [-0.4, -0.2) is 17.7 Å². The highest BCUT2D eigenvalue weighted by Crippen LogP contribution is 2.32. The van der Waals surface area contributed by atoms with Crippen molar-refractivity contribution >= 4 is 29.0 Å². The lowest BCUT2D eigenvalue weighted by Crippen LogP contribution is -2.36. The van der Waals surface area contributed by atoms with Crippen molar-refractivity contribution in [1.29, 1.82) is 5.26 Å². The van der Waals surface area contributed by atoms with Crippen molar-refractivity contribution in [3.05, 3.63) is 28.8 Å². The third-order valence-corrected chi connectivity index (χ3v) is 2.69. The van der Waals surface area contributed by atoms with E-state index in [1.807, 2.05) is 6.07 Å². The van der Waals surface area contributed by atoms with E-state index < -0.39 is 17.7 Å². The molecule has 4 nitrogen and oxygen atoms in total.